The van der Waals surface area contributed by atoms with Crippen LogP contribution in [0.3, 0.4) is 0 Å². The normalized spacial score (nSPS) is 20.1. The van der Waals surface area contributed by atoms with Crippen molar-refractivity contribution in [3.63, 3.8) is 0 Å². The molecule has 0 saturated carbocycles. The van der Waals surface area contributed by atoms with Crippen LogP contribution in [-0.2, 0) is 4.79 Å². The number of hydrogen-bond acceptors (Lipinski definition) is 4. The van der Waals surface area contributed by atoms with Crippen molar-refractivity contribution in [3.8, 4) is 0 Å². The second-order valence-electron chi connectivity index (χ2n) is 4.80. The summed E-state index contributed by atoms with van der Waals surface area (Å²) in [5, 5.41) is 6.41. The molecule has 1 aliphatic rings. The third-order valence-corrected chi connectivity index (χ3v) is 4.66. The molecule has 1 amide bonds. The predicted molar refractivity (Wildman–Crippen MR) is 79.0 cm³/mol. The highest BCUT2D eigenvalue weighted by Gasteiger charge is 2.24. The molecule has 20 heavy (non-hydrogen) atoms. The first-order chi connectivity index (χ1) is 9.72. The minimum absolute atomic E-state index is 0.0278. The molecule has 1 aliphatic heterocycles. The zero-order chi connectivity index (χ0) is 13.9. The fourth-order valence-corrected chi connectivity index (χ4v) is 3.52. The van der Waals surface area contributed by atoms with E-state index in [0.717, 1.165) is 21.4 Å². The van der Waals surface area contributed by atoms with Gasteiger partial charge in [0.15, 0.2) is 0 Å². The highest BCUT2D eigenvalue weighted by Crippen LogP contribution is 2.31. The standard InChI is InChI=1S/C14H15ClN2O2S/c15-12-5-4-11(20-12)14(10-2-1-7-19-10)16-8-9-3-6-13(18)17-9/h1-2,4-5,7,9,14,16H,3,6,8H2,(H,17,18). The van der Waals surface area contributed by atoms with Gasteiger partial charge >= 0.3 is 0 Å². The lowest BCUT2D eigenvalue weighted by atomic mass is 10.1. The van der Waals surface area contributed by atoms with Crippen LogP contribution in [0.5, 0.6) is 0 Å². The van der Waals surface area contributed by atoms with E-state index in [1.165, 1.54) is 11.3 Å². The number of carbonyl (C=O) groups excluding carboxylic acids is 1. The second-order valence-corrected chi connectivity index (χ2v) is 6.55. The maximum atomic E-state index is 11.2. The van der Waals surface area contributed by atoms with Crippen LogP contribution in [0, 0.1) is 0 Å². The molecular formula is C14H15ClN2O2S. The minimum atomic E-state index is -0.0278. The highest BCUT2D eigenvalue weighted by molar-refractivity contribution is 7.16. The molecule has 4 nitrogen and oxygen atoms in total. The summed E-state index contributed by atoms with van der Waals surface area (Å²) in [7, 11) is 0. The molecule has 3 rings (SSSR count). The molecule has 2 atom stereocenters. The number of hydrogen-bond donors (Lipinski definition) is 2. The van der Waals surface area contributed by atoms with Crippen LogP contribution in [0.4, 0.5) is 0 Å². The summed E-state index contributed by atoms with van der Waals surface area (Å²) in [5.41, 5.74) is 0. The maximum Gasteiger partial charge on any atom is 0.220 e. The molecule has 2 aromatic rings. The van der Waals surface area contributed by atoms with Crippen LogP contribution >= 0.6 is 22.9 Å². The molecule has 0 bridgehead atoms. The second kappa shape index (κ2) is 5.99. The lowest BCUT2D eigenvalue weighted by Crippen LogP contribution is -2.37. The zero-order valence-electron chi connectivity index (χ0n) is 10.8. The summed E-state index contributed by atoms with van der Waals surface area (Å²) in [6.07, 6.45) is 3.15. The molecule has 0 aliphatic carbocycles. The van der Waals surface area contributed by atoms with E-state index in [1.54, 1.807) is 6.26 Å². The molecule has 106 valence electrons. The van der Waals surface area contributed by atoms with E-state index in [0.29, 0.717) is 13.0 Å². The highest BCUT2D eigenvalue weighted by atomic mass is 35.5. The molecule has 0 aromatic carbocycles. The van der Waals surface area contributed by atoms with Crippen LogP contribution in [0.15, 0.2) is 34.9 Å². The first-order valence-electron chi connectivity index (χ1n) is 6.54. The van der Waals surface area contributed by atoms with Gasteiger partial charge in [0.2, 0.25) is 5.91 Å². The minimum Gasteiger partial charge on any atom is -0.467 e. The smallest absolute Gasteiger partial charge is 0.220 e. The topological polar surface area (TPSA) is 54.3 Å². The van der Waals surface area contributed by atoms with Crippen LogP contribution < -0.4 is 10.6 Å². The fraction of sp³-hybridized carbons (Fsp3) is 0.357. The molecule has 0 spiro atoms. The van der Waals surface area contributed by atoms with E-state index >= 15 is 0 Å². The number of furan rings is 1. The quantitative estimate of drug-likeness (QED) is 0.892. The summed E-state index contributed by atoms with van der Waals surface area (Å²) >= 11 is 7.55. The Labute approximate surface area is 126 Å². The lowest BCUT2D eigenvalue weighted by Gasteiger charge is -2.18. The van der Waals surface area contributed by atoms with Crippen molar-refractivity contribution >= 4 is 28.8 Å². The Bertz CT molecular complexity index is 582. The number of rotatable bonds is 5. The first-order valence-corrected chi connectivity index (χ1v) is 7.73. The summed E-state index contributed by atoms with van der Waals surface area (Å²) in [4.78, 5) is 12.3. The van der Waals surface area contributed by atoms with Gasteiger partial charge in [-0.05, 0) is 30.7 Å². The molecule has 6 heteroatoms. The van der Waals surface area contributed by atoms with Crippen molar-refractivity contribution in [2.45, 2.75) is 24.9 Å². The van der Waals surface area contributed by atoms with Gasteiger partial charge in [-0.25, -0.2) is 0 Å². The molecule has 2 N–H and O–H groups in total. The van der Waals surface area contributed by atoms with E-state index in [1.807, 2.05) is 24.3 Å². The van der Waals surface area contributed by atoms with Crippen molar-refractivity contribution in [1.82, 2.24) is 10.6 Å². The SMILES string of the molecule is O=C1CCC(CNC(c2ccco2)c2ccc(Cl)s2)N1. The van der Waals surface area contributed by atoms with Gasteiger partial charge in [0.1, 0.15) is 11.8 Å². The van der Waals surface area contributed by atoms with Gasteiger partial charge in [-0.1, -0.05) is 11.6 Å². The summed E-state index contributed by atoms with van der Waals surface area (Å²) in [6, 6.07) is 7.86. The van der Waals surface area contributed by atoms with E-state index in [9.17, 15) is 4.79 Å². The van der Waals surface area contributed by atoms with E-state index in [2.05, 4.69) is 10.6 Å². The average Bonchev–Trinajstić information content (AvgIpc) is 3.13. The largest absolute Gasteiger partial charge is 0.467 e. The monoisotopic (exact) mass is 310 g/mol. The zero-order valence-corrected chi connectivity index (χ0v) is 12.3. The summed E-state index contributed by atoms with van der Waals surface area (Å²) < 4.78 is 6.27. The number of thiophene rings is 1. The first kappa shape index (κ1) is 13.7. The number of nitrogens with one attached hydrogen (secondary N) is 2. The van der Waals surface area contributed by atoms with Crippen molar-refractivity contribution in [2.24, 2.45) is 0 Å². The number of carbonyl (C=O) groups is 1. The van der Waals surface area contributed by atoms with Crippen molar-refractivity contribution in [2.75, 3.05) is 6.54 Å². The van der Waals surface area contributed by atoms with Crippen LogP contribution in [0.1, 0.15) is 29.5 Å². The number of halogens is 1. The van der Waals surface area contributed by atoms with Gasteiger partial charge in [0.05, 0.1) is 10.6 Å². The van der Waals surface area contributed by atoms with E-state index in [4.69, 9.17) is 16.0 Å². The van der Waals surface area contributed by atoms with E-state index in [-0.39, 0.29) is 18.0 Å². The Morgan fingerprint density at radius 2 is 2.40 bits per heavy atom. The maximum absolute atomic E-state index is 11.2. The number of amides is 1. The van der Waals surface area contributed by atoms with Crippen molar-refractivity contribution in [1.29, 1.82) is 0 Å². The fourth-order valence-electron chi connectivity index (χ4n) is 2.37. The van der Waals surface area contributed by atoms with Crippen LogP contribution in [0.25, 0.3) is 0 Å². The van der Waals surface area contributed by atoms with Gasteiger partial charge in [-0.2, -0.15) is 0 Å². The van der Waals surface area contributed by atoms with Crippen LogP contribution in [0.2, 0.25) is 4.34 Å². The average molecular weight is 311 g/mol. The third-order valence-electron chi connectivity index (χ3n) is 3.36. The van der Waals surface area contributed by atoms with Gasteiger partial charge < -0.3 is 15.1 Å². The summed E-state index contributed by atoms with van der Waals surface area (Å²) in [6.45, 7) is 0.715. The van der Waals surface area contributed by atoms with Gasteiger partial charge in [0, 0.05) is 23.9 Å². The Kier molecular flexibility index (Phi) is 4.10. The molecule has 1 saturated heterocycles. The van der Waals surface area contributed by atoms with Gasteiger partial charge in [-0.3, -0.25) is 4.79 Å². The Morgan fingerprint density at radius 3 is 3.00 bits per heavy atom. The third kappa shape index (κ3) is 3.06. The molecule has 1 fully saturated rings. The molecule has 2 unspecified atom stereocenters. The van der Waals surface area contributed by atoms with Crippen LogP contribution in [-0.4, -0.2) is 18.5 Å². The van der Waals surface area contributed by atoms with E-state index < -0.39 is 0 Å². The van der Waals surface area contributed by atoms with Gasteiger partial charge in [0.25, 0.3) is 0 Å². The Balaban J connectivity index is 1.71. The summed E-state index contributed by atoms with van der Waals surface area (Å²) in [5.74, 6) is 0.985. The molecule has 2 aromatic heterocycles. The predicted octanol–water partition coefficient (Wildman–Crippen LogP) is 2.95. The molecule has 0 radical (unpaired) electrons. The Hall–Kier alpha value is -1.30. The lowest BCUT2D eigenvalue weighted by molar-refractivity contribution is -0.119. The van der Waals surface area contributed by atoms with Crippen molar-refractivity contribution < 1.29 is 9.21 Å². The molecular weight excluding hydrogens is 296 g/mol. The Morgan fingerprint density at radius 1 is 1.50 bits per heavy atom. The van der Waals surface area contributed by atoms with Gasteiger partial charge in [-0.15, -0.1) is 11.3 Å². The van der Waals surface area contributed by atoms with Crippen molar-refractivity contribution in [3.05, 3.63) is 45.5 Å². The molecule has 3 heterocycles.